The lowest BCUT2D eigenvalue weighted by Gasteiger charge is -2.40. The van der Waals surface area contributed by atoms with Crippen molar-refractivity contribution in [1.29, 1.82) is 0 Å². The van der Waals surface area contributed by atoms with Gasteiger partial charge in [0.15, 0.2) is 0 Å². The number of morpholine rings is 1. The number of carbonyl (C=O) groups excluding carboxylic acids is 1. The molecule has 4 rings (SSSR count). The van der Waals surface area contributed by atoms with Gasteiger partial charge in [0.1, 0.15) is 0 Å². The lowest BCUT2D eigenvalue weighted by Crippen LogP contribution is -2.52. The molecule has 4 nitrogen and oxygen atoms in total. The summed E-state index contributed by atoms with van der Waals surface area (Å²) in [6, 6.07) is 19.1. The fourth-order valence-electron chi connectivity index (χ4n) is 3.92. The minimum absolute atomic E-state index is 0.111. The number of hydrogen-bond donors (Lipinski definition) is 0. The largest absolute Gasteiger partial charge is 0.375 e. The molecule has 4 heteroatoms. The number of nitrogens with zero attached hydrogens (tertiary/aromatic N) is 2. The minimum Gasteiger partial charge on any atom is -0.375 e. The zero-order chi connectivity index (χ0) is 17.2. The molecule has 2 heterocycles. The summed E-state index contributed by atoms with van der Waals surface area (Å²) in [6.07, 6.45) is 0.111. The van der Waals surface area contributed by atoms with Gasteiger partial charge in [-0.1, -0.05) is 54.6 Å². The third-order valence-electron chi connectivity index (χ3n) is 5.18. The maximum atomic E-state index is 13.1. The monoisotopic (exact) mass is 336 g/mol. The molecule has 2 atom stereocenters. The maximum absolute atomic E-state index is 13.1. The van der Waals surface area contributed by atoms with Crippen LogP contribution >= 0.6 is 0 Å². The highest BCUT2D eigenvalue weighted by atomic mass is 16.5. The summed E-state index contributed by atoms with van der Waals surface area (Å²) in [4.78, 5) is 17.0. The van der Waals surface area contributed by atoms with Crippen molar-refractivity contribution in [2.24, 2.45) is 0 Å². The Kier molecular flexibility index (Phi) is 4.45. The van der Waals surface area contributed by atoms with Crippen LogP contribution in [-0.2, 0) is 11.3 Å². The number of hydrogen-bond acceptors (Lipinski definition) is 2. The maximum Gasteiger partial charge on any atom is 0.320 e. The summed E-state index contributed by atoms with van der Waals surface area (Å²) < 4.78 is 5.58. The van der Waals surface area contributed by atoms with Gasteiger partial charge in [0.05, 0.1) is 12.7 Å². The van der Waals surface area contributed by atoms with Gasteiger partial charge in [0.2, 0.25) is 0 Å². The number of carbonyl (C=O) groups is 1. The molecule has 1 saturated heterocycles. The van der Waals surface area contributed by atoms with Gasteiger partial charge in [0, 0.05) is 32.1 Å². The lowest BCUT2D eigenvalue weighted by molar-refractivity contribution is -0.00995. The van der Waals surface area contributed by atoms with Gasteiger partial charge in [-0.3, -0.25) is 0 Å². The van der Waals surface area contributed by atoms with Crippen LogP contribution in [0.25, 0.3) is 0 Å². The summed E-state index contributed by atoms with van der Waals surface area (Å²) in [5.41, 5.74) is 3.85. The van der Waals surface area contributed by atoms with Gasteiger partial charge < -0.3 is 14.5 Å². The molecule has 130 valence electrons. The van der Waals surface area contributed by atoms with Crippen LogP contribution in [0, 0.1) is 0 Å². The second-order valence-electron chi connectivity index (χ2n) is 6.95. The van der Waals surface area contributed by atoms with E-state index in [4.69, 9.17) is 4.74 Å². The molecule has 2 unspecified atom stereocenters. The van der Waals surface area contributed by atoms with E-state index in [1.165, 1.54) is 16.7 Å². The molecule has 0 spiro atoms. The normalized spacial score (nSPS) is 23.2. The quantitative estimate of drug-likeness (QED) is 0.799. The zero-order valence-corrected chi connectivity index (χ0v) is 14.6. The van der Waals surface area contributed by atoms with E-state index in [1.54, 1.807) is 0 Å². The van der Waals surface area contributed by atoms with E-state index < -0.39 is 0 Å². The van der Waals surface area contributed by atoms with Crippen molar-refractivity contribution in [3.63, 3.8) is 0 Å². The Balaban J connectivity index is 1.62. The SMILES string of the molecule is CC1CN(C(=O)N2Cc3ccccc3C(c3ccccc3)C2)CCO1. The first-order valence-electron chi connectivity index (χ1n) is 9.00. The number of rotatable bonds is 1. The topological polar surface area (TPSA) is 32.8 Å². The highest BCUT2D eigenvalue weighted by Crippen LogP contribution is 2.33. The van der Waals surface area contributed by atoms with Crippen molar-refractivity contribution in [3.8, 4) is 0 Å². The van der Waals surface area contributed by atoms with Gasteiger partial charge in [-0.2, -0.15) is 0 Å². The first-order chi connectivity index (χ1) is 12.2. The fourth-order valence-corrected chi connectivity index (χ4v) is 3.92. The van der Waals surface area contributed by atoms with Gasteiger partial charge in [-0.05, 0) is 23.6 Å². The van der Waals surface area contributed by atoms with Crippen LogP contribution in [0.1, 0.15) is 29.5 Å². The average molecular weight is 336 g/mol. The highest BCUT2D eigenvalue weighted by Gasteiger charge is 2.32. The van der Waals surface area contributed by atoms with Crippen molar-refractivity contribution >= 4 is 6.03 Å². The lowest BCUT2D eigenvalue weighted by atomic mass is 9.85. The Hall–Kier alpha value is -2.33. The molecule has 0 N–H and O–H groups in total. The molecule has 0 radical (unpaired) electrons. The van der Waals surface area contributed by atoms with Gasteiger partial charge in [0.25, 0.3) is 0 Å². The van der Waals surface area contributed by atoms with Gasteiger partial charge in [-0.25, -0.2) is 4.79 Å². The molecular formula is C21H24N2O2. The number of fused-ring (bicyclic) bond motifs is 1. The van der Waals surface area contributed by atoms with E-state index in [1.807, 2.05) is 22.8 Å². The van der Waals surface area contributed by atoms with Crippen molar-refractivity contribution < 1.29 is 9.53 Å². The first-order valence-corrected chi connectivity index (χ1v) is 9.00. The molecular weight excluding hydrogens is 312 g/mol. The van der Waals surface area contributed by atoms with Crippen LogP contribution in [-0.4, -0.2) is 48.2 Å². The first kappa shape index (κ1) is 16.2. The molecule has 2 aromatic rings. The Morgan fingerprint density at radius 1 is 1.00 bits per heavy atom. The predicted octanol–water partition coefficient (Wildman–Crippen LogP) is 3.47. The average Bonchev–Trinajstić information content (AvgIpc) is 2.67. The summed E-state index contributed by atoms with van der Waals surface area (Å²) in [6.45, 7) is 5.41. The number of ether oxygens (including phenoxy) is 1. The van der Waals surface area contributed by atoms with E-state index in [2.05, 4.69) is 48.5 Å². The van der Waals surface area contributed by atoms with Crippen molar-refractivity contribution in [3.05, 3.63) is 71.3 Å². The summed E-state index contributed by atoms with van der Waals surface area (Å²) >= 11 is 0. The Labute approximate surface area is 149 Å². The summed E-state index contributed by atoms with van der Waals surface area (Å²) in [7, 11) is 0. The number of urea groups is 1. The molecule has 0 aliphatic carbocycles. The van der Waals surface area contributed by atoms with Crippen molar-refractivity contribution in [2.45, 2.75) is 25.5 Å². The number of amides is 2. The van der Waals surface area contributed by atoms with Crippen LogP contribution in [0.5, 0.6) is 0 Å². The van der Waals surface area contributed by atoms with Crippen LogP contribution in [0.15, 0.2) is 54.6 Å². The third-order valence-corrected chi connectivity index (χ3v) is 5.18. The van der Waals surface area contributed by atoms with Crippen LogP contribution < -0.4 is 0 Å². The summed E-state index contributed by atoms with van der Waals surface area (Å²) in [5.74, 6) is 0.230. The van der Waals surface area contributed by atoms with E-state index in [-0.39, 0.29) is 18.1 Å². The van der Waals surface area contributed by atoms with E-state index >= 15 is 0 Å². The predicted molar refractivity (Wildman–Crippen MR) is 97.5 cm³/mol. The molecule has 2 aliphatic rings. The molecule has 0 saturated carbocycles. The molecule has 1 fully saturated rings. The summed E-state index contributed by atoms with van der Waals surface area (Å²) in [5, 5.41) is 0. The Bertz CT molecular complexity index is 747. The van der Waals surface area contributed by atoms with E-state index in [0.717, 1.165) is 6.54 Å². The van der Waals surface area contributed by atoms with Gasteiger partial charge >= 0.3 is 6.03 Å². The molecule has 2 aromatic carbocycles. The smallest absolute Gasteiger partial charge is 0.320 e. The fraction of sp³-hybridized carbons (Fsp3) is 0.381. The zero-order valence-electron chi connectivity index (χ0n) is 14.6. The third kappa shape index (κ3) is 3.27. The van der Waals surface area contributed by atoms with Gasteiger partial charge in [-0.15, -0.1) is 0 Å². The Morgan fingerprint density at radius 2 is 1.76 bits per heavy atom. The van der Waals surface area contributed by atoms with E-state index in [9.17, 15) is 4.79 Å². The standard InChI is InChI=1S/C21H24N2O2/c1-16-13-22(11-12-25-16)21(24)23-14-18-9-5-6-10-19(18)20(15-23)17-7-3-2-4-8-17/h2-10,16,20H,11-15H2,1H3. The number of benzene rings is 2. The molecule has 0 bridgehead atoms. The molecule has 2 aliphatic heterocycles. The second kappa shape index (κ2) is 6.89. The van der Waals surface area contributed by atoms with Crippen molar-refractivity contribution in [2.75, 3.05) is 26.2 Å². The van der Waals surface area contributed by atoms with Crippen molar-refractivity contribution in [1.82, 2.24) is 9.80 Å². The minimum atomic E-state index is 0.111. The highest BCUT2D eigenvalue weighted by molar-refractivity contribution is 5.75. The van der Waals surface area contributed by atoms with Crippen LogP contribution in [0.2, 0.25) is 0 Å². The van der Waals surface area contributed by atoms with Crippen LogP contribution in [0.4, 0.5) is 4.79 Å². The Morgan fingerprint density at radius 3 is 2.56 bits per heavy atom. The second-order valence-corrected chi connectivity index (χ2v) is 6.95. The molecule has 0 aromatic heterocycles. The van der Waals surface area contributed by atoms with E-state index in [0.29, 0.717) is 26.2 Å². The van der Waals surface area contributed by atoms with Crippen LogP contribution in [0.3, 0.4) is 0 Å². The molecule has 25 heavy (non-hydrogen) atoms. The molecule has 2 amide bonds.